The third kappa shape index (κ3) is 2.98. The fraction of sp³-hybridized carbons (Fsp3) is 0.286. The number of amides is 1. The predicted octanol–water partition coefficient (Wildman–Crippen LogP) is 3.30. The van der Waals surface area contributed by atoms with Gasteiger partial charge in [-0.1, -0.05) is 0 Å². The van der Waals surface area contributed by atoms with E-state index in [1.54, 1.807) is 6.20 Å². The highest BCUT2D eigenvalue weighted by molar-refractivity contribution is 9.13. The third-order valence-electron chi connectivity index (χ3n) is 3.38. The minimum atomic E-state index is -0.423. The summed E-state index contributed by atoms with van der Waals surface area (Å²) < 4.78 is 11.8. The topological polar surface area (TPSA) is 71.6 Å². The number of hydrogen-bond donors (Lipinski definition) is 1. The van der Waals surface area contributed by atoms with Crippen LogP contribution in [0.5, 0.6) is 0 Å². The smallest absolute Gasteiger partial charge is 0.410 e. The molecule has 1 aromatic carbocycles. The fourth-order valence-electron chi connectivity index (χ4n) is 2.24. The zero-order chi connectivity index (χ0) is 15.7. The van der Waals surface area contributed by atoms with Crippen molar-refractivity contribution in [2.75, 3.05) is 26.3 Å². The van der Waals surface area contributed by atoms with E-state index in [9.17, 15) is 9.59 Å². The molecule has 6 nitrogen and oxygen atoms in total. The van der Waals surface area contributed by atoms with Crippen molar-refractivity contribution in [3.05, 3.63) is 32.8 Å². The van der Waals surface area contributed by atoms with Crippen molar-refractivity contribution >= 4 is 54.8 Å². The molecule has 1 saturated heterocycles. The molecule has 1 fully saturated rings. The summed E-state index contributed by atoms with van der Waals surface area (Å²) in [6, 6.07) is 3.74. The predicted molar refractivity (Wildman–Crippen MR) is 86.9 cm³/mol. The molecule has 0 aliphatic carbocycles. The molecule has 1 N–H and O–H groups in total. The van der Waals surface area contributed by atoms with Gasteiger partial charge in [0.05, 0.1) is 18.7 Å². The molecule has 0 atom stereocenters. The van der Waals surface area contributed by atoms with Gasteiger partial charge in [-0.3, -0.25) is 0 Å². The normalized spacial score (nSPS) is 14.5. The number of carbonyl (C=O) groups is 2. The van der Waals surface area contributed by atoms with Gasteiger partial charge in [-0.2, -0.15) is 0 Å². The SMILES string of the molecule is O=C(OCCN1CCOC1=O)c1c[nH]c2cc(Br)c(Br)cc12. The molecule has 22 heavy (non-hydrogen) atoms. The monoisotopic (exact) mass is 430 g/mol. The highest BCUT2D eigenvalue weighted by Crippen LogP contribution is 2.30. The number of rotatable bonds is 4. The lowest BCUT2D eigenvalue weighted by Gasteiger charge is -2.12. The summed E-state index contributed by atoms with van der Waals surface area (Å²) in [5.41, 5.74) is 1.30. The molecule has 1 amide bonds. The van der Waals surface area contributed by atoms with Gasteiger partial charge in [0, 0.05) is 26.0 Å². The number of ether oxygens (including phenoxy) is 2. The van der Waals surface area contributed by atoms with E-state index in [-0.39, 0.29) is 12.7 Å². The Hall–Kier alpha value is -1.54. The Morgan fingerprint density at radius 3 is 2.86 bits per heavy atom. The van der Waals surface area contributed by atoms with Crippen LogP contribution in [0.25, 0.3) is 10.9 Å². The maximum Gasteiger partial charge on any atom is 0.410 e. The van der Waals surface area contributed by atoms with Gasteiger partial charge in [0.2, 0.25) is 0 Å². The van der Waals surface area contributed by atoms with E-state index in [1.165, 1.54) is 4.90 Å². The first-order valence-corrected chi connectivity index (χ1v) is 8.20. The lowest BCUT2D eigenvalue weighted by atomic mass is 10.2. The van der Waals surface area contributed by atoms with Crippen molar-refractivity contribution < 1.29 is 19.1 Å². The van der Waals surface area contributed by atoms with Crippen LogP contribution in [0.3, 0.4) is 0 Å². The van der Waals surface area contributed by atoms with Gasteiger partial charge in [-0.25, -0.2) is 9.59 Å². The molecule has 0 saturated carbocycles. The van der Waals surface area contributed by atoms with Gasteiger partial charge in [-0.15, -0.1) is 0 Å². The van der Waals surface area contributed by atoms with Crippen molar-refractivity contribution in [3.63, 3.8) is 0 Å². The van der Waals surface area contributed by atoms with E-state index in [0.29, 0.717) is 25.3 Å². The van der Waals surface area contributed by atoms with Gasteiger partial charge in [0.1, 0.15) is 13.2 Å². The zero-order valence-electron chi connectivity index (χ0n) is 11.4. The Kier molecular flexibility index (Phi) is 4.39. The molecule has 0 radical (unpaired) electrons. The number of aromatic amines is 1. The molecule has 0 bridgehead atoms. The molecule has 1 aliphatic heterocycles. The molecule has 2 heterocycles. The first-order chi connectivity index (χ1) is 10.6. The Morgan fingerprint density at radius 1 is 1.36 bits per heavy atom. The van der Waals surface area contributed by atoms with Crippen LogP contribution >= 0.6 is 31.9 Å². The van der Waals surface area contributed by atoms with Gasteiger partial charge in [0.25, 0.3) is 0 Å². The summed E-state index contributed by atoms with van der Waals surface area (Å²) in [5, 5.41) is 0.778. The first-order valence-electron chi connectivity index (χ1n) is 6.61. The lowest BCUT2D eigenvalue weighted by molar-refractivity contribution is 0.0479. The highest BCUT2D eigenvalue weighted by Gasteiger charge is 2.22. The number of nitrogens with one attached hydrogen (secondary N) is 1. The second-order valence-corrected chi connectivity index (χ2v) is 6.46. The molecule has 0 spiro atoms. The number of esters is 1. The molecule has 1 aromatic heterocycles. The van der Waals surface area contributed by atoms with E-state index in [4.69, 9.17) is 9.47 Å². The average Bonchev–Trinajstić information content (AvgIpc) is 3.06. The first kappa shape index (κ1) is 15.4. The number of halogens is 2. The van der Waals surface area contributed by atoms with Crippen molar-refractivity contribution in [2.24, 2.45) is 0 Å². The number of nitrogens with zero attached hydrogens (tertiary/aromatic N) is 1. The highest BCUT2D eigenvalue weighted by atomic mass is 79.9. The number of aromatic nitrogens is 1. The van der Waals surface area contributed by atoms with Crippen LogP contribution in [0, 0.1) is 0 Å². The Morgan fingerprint density at radius 2 is 2.14 bits per heavy atom. The molecular formula is C14H12Br2N2O4. The lowest BCUT2D eigenvalue weighted by Crippen LogP contribution is -2.29. The van der Waals surface area contributed by atoms with Gasteiger partial charge >= 0.3 is 12.1 Å². The Bertz CT molecular complexity index is 744. The fourth-order valence-corrected chi connectivity index (χ4v) is 2.93. The van der Waals surface area contributed by atoms with Crippen LogP contribution < -0.4 is 0 Å². The molecule has 8 heteroatoms. The number of hydrogen-bond acceptors (Lipinski definition) is 4. The summed E-state index contributed by atoms with van der Waals surface area (Å²) >= 11 is 6.83. The summed E-state index contributed by atoms with van der Waals surface area (Å²) in [6.07, 6.45) is 1.26. The van der Waals surface area contributed by atoms with Crippen LogP contribution in [0.1, 0.15) is 10.4 Å². The number of benzene rings is 1. The maximum atomic E-state index is 12.2. The van der Waals surface area contributed by atoms with E-state index in [0.717, 1.165) is 19.8 Å². The van der Waals surface area contributed by atoms with Crippen molar-refractivity contribution in [1.29, 1.82) is 0 Å². The van der Waals surface area contributed by atoms with Crippen molar-refractivity contribution in [2.45, 2.75) is 0 Å². The Labute approximate surface area is 143 Å². The molecule has 2 aromatic rings. The van der Waals surface area contributed by atoms with E-state index < -0.39 is 5.97 Å². The molecule has 3 rings (SSSR count). The van der Waals surface area contributed by atoms with Gasteiger partial charge in [-0.05, 0) is 44.0 Å². The summed E-state index contributed by atoms with van der Waals surface area (Å²) in [5.74, 6) is -0.423. The molecular weight excluding hydrogens is 420 g/mol. The standard InChI is InChI=1S/C14H12Br2N2O4/c15-10-5-8-9(7-17-12(8)6-11(10)16)13(19)21-3-1-18-2-4-22-14(18)20/h5-7,17H,1-4H2. The third-order valence-corrected chi connectivity index (χ3v) is 5.23. The minimum absolute atomic E-state index is 0.137. The molecule has 1 aliphatic rings. The quantitative estimate of drug-likeness (QED) is 0.754. The second-order valence-electron chi connectivity index (χ2n) is 4.75. The van der Waals surface area contributed by atoms with Gasteiger partial charge in [0.15, 0.2) is 0 Å². The summed E-state index contributed by atoms with van der Waals surface area (Å²) in [6.45, 7) is 1.39. The summed E-state index contributed by atoms with van der Waals surface area (Å²) in [7, 11) is 0. The Balaban J connectivity index is 1.67. The second kappa shape index (κ2) is 6.29. The maximum absolute atomic E-state index is 12.2. The van der Waals surface area contributed by atoms with E-state index >= 15 is 0 Å². The number of fused-ring (bicyclic) bond motifs is 1. The largest absolute Gasteiger partial charge is 0.460 e. The van der Waals surface area contributed by atoms with Crippen LogP contribution in [0.2, 0.25) is 0 Å². The number of carbonyl (C=O) groups excluding carboxylic acids is 2. The minimum Gasteiger partial charge on any atom is -0.460 e. The van der Waals surface area contributed by atoms with Crippen LogP contribution in [0.4, 0.5) is 4.79 Å². The zero-order valence-corrected chi connectivity index (χ0v) is 14.6. The average molecular weight is 432 g/mol. The van der Waals surface area contributed by atoms with Crippen molar-refractivity contribution in [1.82, 2.24) is 9.88 Å². The number of H-pyrrole nitrogens is 1. The van der Waals surface area contributed by atoms with Gasteiger partial charge < -0.3 is 19.4 Å². The van der Waals surface area contributed by atoms with Crippen LogP contribution in [-0.4, -0.2) is 48.2 Å². The van der Waals surface area contributed by atoms with Crippen LogP contribution in [-0.2, 0) is 9.47 Å². The van der Waals surface area contributed by atoms with E-state index in [2.05, 4.69) is 36.8 Å². The van der Waals surface area contributed by atoms with E-state index in [1.807, 2.05) is 12.1 Å². The van der Waals surface area contributed by atoms with Crippen LogP contribution in [0.15, 0.2) is 27.3 Å². The molecule has 0 unspecified atom stereocenters. The number of cyclic esters (lactones) is 1. The molecule has 116 valence electrons. The van der Waals surface area contributed by atoms with Crippen molar-refractivity contribution in [3.8, 4) is 0 Å². The summed E-state index contributed by atoms with van der Waals surface area (Å²) in [4.78, 5) is 28.0.